The topological polar surface area (TPSA) is 70.2 Å². The van der Waals surface area contributed by atoms with E-state index in [1.165, 1.54) is 5.56 Å². The summed E-state index contributed by atoms with van der Waals surface area (Å²) in [6.07, 6.45) is 8.99. The lowest BCUT2D eigenvalue weighted by molar-refractivity contribution is -0.123. The first kappa shape index (κ1) is 22.4. The Morgan fingerprint density at radius 1 is 1.04 bits per heavy atom. The Kier molecular flexibility index (Phi) is 8.48. The summed E-state index contributed by atoms with van der Waals surface area (Å²) >= 11 is 0. The van der Waals surface area contributed by atoms with E-state index in [9.17, 15) is 4.79 Å². The van der Waals surface area contributed by atoms with Crippen LogP contribution >= 0.6 is 24.8 Å². The van der Waals surface area contributed by atoms with Gasteiger partial charge in [0.05, 0.1) is 12.2 Å². The van der Waals surface area contributed by atoms with Crippen molar-refractivity contribution in [3.63, 3.8) is 0 Å². The molecule has 0 radical (unpaired) electrons. The maximum atomic E-state index is 12.6. The van der Waals surface area contributed by atoms with Gasteiger partial charge >= 0.3 is 0 Å². The number of benzene rings is 1. The highest BCUT2D eigenvalue weighted by molar-refractivity contribution is 5.85. The Morgan fingerprint density at radius 2 is 1.79 bits per heavy atom. The molecule has 3 heterocycles. The van der Waals surface area contributed by atoms with Crippen LogP contribution in [-0.4, -0.2) is 41.0 Å². The number of hydrogen-bond donors (Lipinski definition) is 2. The fraction of sp³-hybridized carbons (Fsp3) is 0.450. The normalized spacial score (nSPS) is 22.1. The van der Waals surface area contributed by atoms with Crippen LogP contribution in [0, 0.1) is 0 Å². The minimum absolute atomic E-state index is 0. The van der Waals surface area contributed by atoms with E-state index in [1.807, 2.05) is 6.07 Å². The third kappa shape index (κ3) is 5.34. The maximum Gasteiger partial charge on any atom is 0.237 e. The quantitative estimate of drug-likeness (QED) is 0.790. The van der Waals surface area contributed by atoms with Crippen molar-refractivity contribution in [3.8, 4) is 0 Å². The number of rotatable bonds is 4. The van der Waals surface area contributed by atoms with Crippen LogP contribution in [0.25, 0.3) is 0 Å². The number of nitrogens with one attached hydrogen (secondary N) is 2. The first-order chi connectivity index (χ1) is 12.8. The molecule has 1 aromatic carbocycles. The summed E-state index contributed by atoms with van der Waals surface area (Å²) in [5.74, 6) is 1.06. The number of piperidine rings is 1. The predicted octanol–water partition coefficient (Wildman–Crippen LogP) is 2.90. The molecule has 0 unspecified atom stereocenters. The van der Waals surface area contributed by atoms with Crippen LogP contribution in [0.5, 0.6) is 0 Å². The second kappa shape index (κ2) is 10.6. The first-order valence-electron chi connectivity index (χ1n) is 9.42. The number of halogens is 2. The summed E-state index contributed by atoms with van der Waals surface area (Å²) in [6, 6.07) is 10.8. The molecule has 1 amide bonds. The fourth-order valence-corrected chi connectivity index (χ4v) is 3.91. The fourth-order valence-electron chi connectivity index (χ4n) is 3.91. The van der Waals surface area contributed by atoms with Gasteiger partial charge in [0.1, 0.15) is 5.82 Å². The average Bonchev–Trinajstić information content (AvgIpc) is 3.20. The summed E-state index contributed by atoms with van der Waals surface area (Å²) in [4.78, 5) is 23.3. The third-order valence-electron chi connectivity index (χ3n) is 5.38. The molecule has 152 valence electrons. The molecule has 0 aliphatic carbocycles. The van der Waals surface area contributed by atoms with Gasteiger partial charge in [0.15, 0.2) is 0 Å². The van der Waals surface area contributed by atoms with E-state index in [0.717, 1.165) is 44.6 Å². The van der Waals surface area contributed by atoms with E-state index < -0.39 is 0 Å². The van der Waals surface area contributed by atoms with Crippen molar-refractivity contribution < 1.29 is 4.79 Å². The smallest absolute Gasteiger partial charge is 0.237 e. The largest absolute Gasteiger partial charge is 0.355 e. The van der Waals surface area contributed by atoms with Gasteiger partial charge in [-0.3, -0.25) is 15.1 Å². The Hall–Kier alpha value is -1.89. The molecule has 6 nitrogen and oxygen atoms in total. The van der Waals surface area contributed by atoms with Crippen molar-refractivity contribution in [1.82, 2.24) is 20.6 Å². The first-order valence-corrected chi connectivity index (χ1v) is 9.42. The molecule has 2 atom stereocenters. The van der Waals surface area contributed by atoms with Gasteiger partial charge in [-0.15, -0.1) is 24.8 Å². The molecule has 1 aromatic heterocycles. The van der Waals surface area contributed by atoms with E-state index in [1.54, 1.807) is 18.6 Å². The number of hydrogen-bond acceptors (Lipinski definition) is 5. The van der Waals surface area contributed by atoms with Crippen molar-refractivity contribution in [2.75, 3.05) is 18.0 Å². The summed E-state index contributed by atoms with van der Waals surface area (Å²) < 4.78 is 0. The van der Waals surface area contributed by atoms with Crippen LogP contribution < -0.4 is 15.5 Å². The SMILES string of the molecule is Cl.Cl.O=C(NC1CCN(c2cnccn2)CC1)[C@H]1CC[C@H](c2ccccc2)N1. The number of aromatic nitrogens is 2. The van der Waals surface area contributed by atoms with Gasteiger partial charge in [0.25, 0.3) is 0 Å². The molecule has 0 saturated carbocycles. The van der Waals surface area contributed by atoms with E-state index in [0.29, 0.717) is 0 Å². The molecule has 2 aromatic rings. The zero-order valence-electron chi connectivity index (χ0n) is 15.7. The van der Waals surface area contributed by atoms with Crippen molar-refractivity contribution in [2.45, 2.75) is 43.8 Å². The van der Waals surface area contributed by atoms with Gasteiger partial charge < -0.3 is 10.2 Å². The number of carbonyl (C=O) groups excluding carboxylic acids is 1. The maximum absolute atomic E-state index is 12.6. The number of amides is 1. The molecular weight excluding hydrogens is 397 g/mol. The molecular formula is C20H27Cl2N5O. The highest BCUT2D eigenvalue weighted by Crippen LogP contribution is 2.26. The van der Waals surface area contributed by atoms with E-state index in [-0.39, 0.29) is 48.8 Å². The van der Waals surface area contributed by atoms with E-state index in [2.05, 4.69) is 49.8 Å². The van der Waals surface area contributed by atoms with Crippen LogP contribution in [-0.2, 0) is 4.79 Å². The van der Waals surface area contributed by atoms with Crippen molar-refractivity contribution in [1.29, 1.82) is 0 Å². The van der Waals surface area contributed by atoms with E-state index in [4.69, 9.17) is 0 Å². The Bertz CT molecular complexity index is 726. The van der Waals surface area contributed by atoms with Crippen LogP contribution in [0.4, 0.5) is 5.82 Å². The lowest BCUT2D eigenvalue weighted by Gasteiger charge is -2.33. The lowest BCUT2D eigenvalue weighted by atomic mass is 10.0. The average molecular weight is 424 g/mol. The molecule has 28 heavy (non-hydrogen) atoms. The van der Waals surface area contributed by atoms with Gasteiger partial charge in [0.2, 0.25) is 5.91 Å². The molecule has 8 heteroatoms. The molecule has 0 bridgehead atoms. The number of nitrogens with zero attached hydrogens (tertiary/aromatic N) is 3. The van der Waals surface area contributed by atoms with Gasteiger partial charge in [-0.2, -0.15) is 0 Å². The predicted molar refractivity (Wildman–Crippen MR) is 115 cm³/mol. The standard InChI is InChI=1S/C20H25N5O.2ClH/c26-20(18-7-6-17(24-18)15-4-2-1-3-5-15)23-16-8-12-25(13-9-16)19-14-21-10-11-22-19;;/h1-5,10-11,14,16-18,24H,6-9,12-13H2,(H,23,26);2*1H/t17-,18-;;/m1../s1. The molecule has 2 aliphatic heterocycles. The van der Waals surface area contributed by atoms with Crippen LogP contribution in [0.2, 0.25) is 0 Å². The van der Waals surface area contributed by atoms with Gasteiger partial charge in [-0.25, -0.2) is 4.98 Å². The molecule has 0 spiro atoms. The second-order valence-corrected chi connectivity index (χ2v) is 7.09. The second-order valence-electron chi connectivity index (χ2n) is 7.09. The van der Waals surface area contributed by atoms with E-state index >= 15 is 0 Å². The zero-order chi connectivity index (χ0) is 17.8. The zero-order valence-corrected chi connectivity index (χ0v) is 17.3. The molecule has 2 saturated heterocycles. The van der Waals surface area contributed by atoms with Crippen LogP contribution in [0.1, 0.15) is 37.3 Å². The highest BCUT2D eigenvalue weighted by atomic mass is 35.5. The van der Waals surface area contributed by atoms with Crippen LogP contribution in [0.3, 0.4) is 0 Å². The lowest BCUT2D eigenvalue weighted by Crippen LogP contribution is -2.49. The van der Waals surface area contributed by atoms with Gasteiger partial charge in [-0.1, -0.05) is 30.3 Å². The molecule has 2 fully saturated rings. The monoisotopic (exact) mass is 423 g/mol. The van der Waals surface area contributed by atoms with Crippen LogP contribution in [0.15, 0.2) is 48.9 Å². The van der Waals surface area contributed by atoms with Gasteiger partial charge in [-0.05, 0) is 31.2 Å². The minimum atomic E-state index is -0.0850. The Balaban J connectivity index is 0.00000140. The molecule has 4 rings (SSSR count). The number of carbonyl (C=O) groups is 1. The minimum Gasteiger partial charge on any atom is -0.355 e. The summed E-state index contributed by atoms with van der Waals surface area (Å²) in [5.41, 5.74) is 1.26. The highest BCUT2D eigenvalue weighted by Gasteiger charge is 2.31. The summed E-state index contributed by atoms with van der Waals surface area (Å²) in [6.45, 7) is 1.79. The summed E-state index contributed by atoms with van der Waals surface area (Å²) in [5, 5.41) is 6.73. The Morgan fingerprint density at radius 3 is 2.46 bits per heavy atom. The molecule has 2 aliphatic rings. The Labute approximate surface area is 178 Å². The van der Waals surface area contributed by atoms with Crippen molar-refractivity contribution in [3.05, 3.63) is 54.5 Å². The van der Waals surface area contributed by atoms with Gasteiger partial charge in [0, 0.05) is 37.6 Å². The third-order valence-corrected chi connectivity index (χ3v) is 5.38. The number of anilines is 1. The van der Waals surface area contributed by atoms with Crippen molar-refractivity contribution in [2.24, 2.45) is 0 Å². The molecule has 2 N–H and O–H groups in total. The van der Waals surface area contributed by atoms with Crippen molar-refractivity contribution >= 4 is 36.5 Å². The summed E-state index contributed by atoms with van der Waals surface area (Å²) in [7, 11) is 0.